The lowest BCUT2D eigenvalue weighted by Crippen LogP contribution is -2.45. The summed E-state index contributed by atoms with van der Waals surface area (Å²) in [6, 6.07) is 3.24. The van der Waals surface area contributed by atoms with Crippen LogP contribution >= 0.6 is 0 Å². The van der Waals surface area contributed by atoms with E-state index >= 15 is 0 Å². The molecule has 0 radical (unpaired) electrons. The molecule has 0 saturated heterocycles. The highest BCUT2D eigenvalue weighted by Crippen LogP contribution is 2.41. The highest BCUT2D eigenvalue weighted by atomic mass is 29.2. The lowest BCUT2D eigenvalue weighted by Gasteiger charge is -2.40. The highest BCUT2D eigenvalue weighted by Gasteiger charge is 2.37. The van der Waals surface area contributed by atoms with Crippen LogP contribution in [0.5, 0.6) is 0 Å². The maximum atomic E-state index is 2.67. The second-order valence-electron chi connectivity index (χ2n) is 13.2. The molecule has 0 heterocycles. The Kier molecular flexibility index (Phi) is 18.9. The zero-order valence-corrected chi connectivity index (χ0v) is 27.9. The zero-order chi connectivity index (χ0) is 25.7. The van der Waals surface area contributed by atoms with Crippen LogP contribution in [0.2, 0.25) is 24.2 Å². The van der Waals surface area contributed by atoms with Crippen molar-refractivity contribution in [3.8, 4) is 0 Å². The normalized spacial score (nSPS) is 23.6. The Balaban J connectivity index is 1.45. The molecule has 36 heavy (non-hydrogen) atoms. The maximum absolute atomic E-state index is 2.67. The van der Waals surface area contributed by atoms with Crippen molar-refractivity contribution in [1.82, 2.24) is 0 Å². The minimum atomic E-state index is -0.892. The molecule has 0 aromatic heterocycles. The molecule has 0 N–H and O–H groups in total. The third-order valence-electron chi connectivity index (χ3n) is 10.7. The highest BCUT2D eigenvalue weighted by molar-refractivity contribution is 7.25. The predicted molar refractivity (Wildman–Crippen MR) is 172 cm³/mol. The first-order chi connectivity index (χ1) is 17.7. The summed E-state index contributed by atoms with van der Waals surface area (Å²) < 4.78 is 0. The van der Waals surface area contributed by atoms with Gasteiger partial charge in [0.2, 0.25) is 0 Å². The van der Waals surface area contributed by atoms with E-state index < -0.39 is 7.59 Å². The maximum Gasteiger partial charge on any atom is 0.0429 e. The van der Waals surface area contributed by atoms with E-state index in [1.165, 1.54) is 134 Å². The molecule has 2 fully saturated rings. The van der Waals surface area contributed by atoms with Gasteiger partial charge in [0.25, 0.3) is 0 Å². The van der Waals surface area contributed by atoms with Crippen molar-refractivity contribution < 1.29 is 0 Å². The molecule has 2 aliphatic rings. The molecule has 2 rings (SSSR count). The van der Waals surface area contributed by atoms with E-state index in [9.17, 15) is 0 Å². The third kappa shape index (κ3) is 13.3. The smallest absolute Gasteiger partial charge is 0.0429 e. The van der Waals surface area contributed by atoms with E-state index in [1.54, 1.807) is 37.8 Å². The molecule has 0 aliphatic heterocycles. The fraction of sp³-hybridized carbons (Fsp3) is 0.941. The van der Waals surface area contributed by atoms with Gasteiger partial charge in [-0.05, 0) is 49.5 Å². The second-order valence-corrected chi connectivity index (χ2v) is 25.0. The minimum Gasteiger partial charge on any atom is -0.0885 e. The molecule has 0 amide bonds. The van der Waals surface area contributed by atoms with E-state index in [0.717, 1.165) is 11.8 Å². The van der Waals surface area contributed by atoms with E-state index in [-0.39, 0.29) is 9.04 Å². The van der Waals surface area contributed by atoms with Crippen LogP contribution < -0.4 is 0 Å². The minimum absolute atomic E-state index is 0.200. The summed E-state index contributed by atoms with van der Waals surface area (Å²) in [6.45, 7) is 7.55. The van der Waals surface area contributed by atoms with Crippen LogP contribution in [0.15, 0.2) is 12.2 Å². The van der Waals surface area contributed by atoms with Crippen LogP contribution in [0.4, 0.5) is 0 Å². The average molecular weight is 533 g/mol. The van der Waals surface area contributed by atoms with Crippen molar-refractivity contribution in [3.05, 3.63) is 12.2 Å². The number of allylic oxidation sites excluding steroid dienone is 2. The molecule has 0 aromatic rings. The molecule has 2 aliphatic carbocycles. The van der Waals surface area contributed by atoms with Gasteiger partial charge in [-0.25, -0.2) is 0 Å². The number of hydrogen-bond acceptors (Lipinski definition) is 0. The summed E-state index contributed by atoms with van der Waals surface area (Å²) in [5.74, 6) is 1.97. The molecule has 0 spiro atoms. The van der Waals surface area contributed by atoms with Crippen LogP contribution in [-0.2, 0) is 0 Å². The molecule has 2 heteroatoms. The number of rotatable bonds is 21. The Bertz CT molecular complexity index is 509. The lowest BCUT2D eigenvalue weighted by atomic mass is 9.79. The third-order valence-corrected chi connectivity index (χ3v) is 25.6. The predicted octanol–water partition coefficient (Wildman–Crippen LogP) is 11.7. The quantitative estimate of drug-likeness (QED) is 0.0783. The average Bonchev–Trinajstić information content (AvgIpc) is 2.93. The van der Waals surface area contributed by atoms with Gasteiger partial charge in [0, 0.05) is 16.6 Å². The topological polar surface area (TPSA) is 0 Å². The number of unbranched alkanes of at least 4 members (excludes halogenated alkanes) is 12. The Morgan fingerprint density at radius 3 is 1.75 bits per heavy atom. The van der Waals surface area contributed by atoms with Crippen LogP contribution in [0.1, 0.15) is 168 Å². The summed E-state index contributed by atoms with van der Waals surface area (Å²) in [6.07, 6.45) is 41.4. The SMILES string of the molecule is CCCCCCCCCCCCCCCC1CCC(/C=C/CC[Si](CC)([SiH2]C)C2CCCCC2)CC1. The Morgan fingerprint density at radius 2 is 1.22 bits per heavy atom. The van der Waals surface area contributed by atoms with Crippen LogP contribution in [0.25, 0.3) is 0 Å². The fourth-order valence-electron chi connectivity index (χ4n) is 7.88. The first-order valence-electron chi connectivity index (χ1n) is 17.4. The molecule has 0 aromatic carbocycles. The van der Waals surface area contributed by atoms with Crippen molar-refractivity contribution in [2.45, 2.75) is 192 Å². The van der Waals surface area contributed by atoms with Crippen molar-refractivity contribution in [3.63, 3.8) is 0 Å². The summed E-state index contributed by atoms with van der Waals surface area (Å²) in [4.78, 5) is 0. The summed E-state index contributed by atoms with van der Waals surface area (Å²) in [7, 11) is -0.692. The van der Waals surface area contributed by atoms with Gasteiger partial charge < -0.3 is 0 Å². The van der Waals surface area contributed by atoms with Gasteiger partial charge in [-0.1, -0.05) is 167 Å². The molecular formula is C34H68Si2. The molecule has 1 unspecified atom stereocenters. The molecule has 0 nitrogen and oxygen atoms in total. The van der Waals surface area contributed by atoms with Crippen molar-refractivity contribution in [2.24, 2.45) is 11.8 Å². The van der Waals surface area contributed by atoms with E-state index in [4.69, 9.17) is 0 Å². The van der Waals surface area contributed by atoms with Crippen LogP contribution in [-0.4, -0.2) is 16.6 Å². The molecule has 1 atom stereocenters. The summed E-state index contributed by atoms with van der Waals surface area (Å²) in [5, 5.41) is 0. The van der Waals surface area contributed by atoms with Gasteiger partial charge in [-0.15, -0.1) is 0 Å². The van der Waals surface area contributed by atoms with Gasteiger partial charge in [0.05, 0.1) is 0 Å². The first-order valence-corrected chi connectivity index (χ1v) is 23.6. The first kappa shape index (κ1) is 32.4. The monoisotopic (exact) mass is 532 g/mol. The van der Waals surface area contributed by atoms with Gasteiger partial charge in [-0.3, -0.25) is 0 Å². The summed E-state index contributed by atoms with van der Waals surface area (Å²) in [5.41, 5.74) is 1.21. The molecule has 212 valence electrons. The number of hydrogen-bond donors (Lipinski definition) is 0. The zero-order valence-electron chi connectivity index (χ0n) is 25.5. The van der Waals surface area contributed by atoms with Crippen molar-refractivity contribution in [1.29, 1.82) is 0 Å². The molecule has 0 bridgehead atoms. The summed E-state index contributed by atoms with van der Waals surface area (Å²) >= 11 is 0. The Hall–Kier alpha value is 0.174. The van der Waals surface area contributed by atoms with Gasteiger partial charge in [-0.2, -0.15) is 0 Å². The van der Waals surface area contributed by atoms with E-state index in [1.807, 2.05) is 0 Å². The van der Waals surface area contributed by atoms with Crippen LogP contribution in [0.3, 0.4) is 0 Å². The van der Waals surface area contributed by atoms with Crippen molar-refractivity contribution >= 4 is 16.6 Å². The molecular weight excluding hydrogens is 465 g/mol. The van der Waals surface area contributed by atoms with E-state index in [2.05, 4.69) is 32.5 Å². The van der Waals surface area contributed by atoms with Gasteiger partial charge >= 0.3 is 0 Å². The van der Waals surface area contributed by atoms with Crippen molar-refractivity contribution in [2.75, 3.05) is 0 Å². The fourth-order valence-corrected chi connectivity index (χ4v) is 19.2. The second kappa shape index (κ2) is 21.1. The van der Waals surface area contributed by atoms with Gasteiger partial charge in [0.1, 0.15) is 0 Å². The molecule has 2 saturated carbocycles. The largest absolute Gasteiger partial charge is 0.0885 e. The van der Waals surface area contributed by atoms with E-state index in [0.29, 0.717) is 0 Å². The lowest BCUT2D eigenvalue weighted by molar-refractivity contribution is 0.288. The van der Waals surface area contributed by atoms with Crippen LogP contribution in [0, 0.1) is 11.8 Å². The Morgan fingerprint density at radius 1 is 0.667 bits per heavy atom. The standard InChI is InChI=1S/C34H68Si2/c1-4-6-7-8-9-10-11-12-13-14-15-16-18-23-32-27-29-33(30-28-32)24-21-22-31-36(5-2,35-3)34-25-19-17-20-26-34/h21,24,32-34H,4-20,22-23,25-31,35H2,1-3H3/b24-21+. The Labute approximate surface area is 232 Å². The van der Waals surface area contributed by atoms with Gasteiger partial charge in [0.15, 0.2) is 0 Å².